The fourth-order valence-electron chi connectivity index (χ4n) is 2.74. The second kappa shape index (κ2) is 7.36. The quantitative estimate of drug-likeness (QED) is 0.700. The highest BCUT2D eigenvalue weighted by Gasteiger charge is 2.14. The van der Waals surface area contributed by atoms with E-state index in [9.17, 15) is 0 Å². The van der Waals surface area contributed by atoms with Crippen molar-refractivity contribution in [1.82, 2.24) is 24.4 Å². The Hall–Kier alpha value is -2.53. The van der Waals surface area contributed by atoms with Gasteiger partial charge >= 0.3 is 0 Å². The van der Waals surface area contributed by atoms with Crippen molar-refractivity contribution in [2.45, 2.75) is 32.9 Å². The molecule has 0 fully saturated rings. The SMILES string of the molecule is Cc1ccnc(C[C@H](C)N(C)Cc2cccn2-c2ncccn2)c1. The number of aryl methyl sites for hydroxylation is 1. The summed E-state index contributed by atoms with van der Waals surface area (Å²) in [5, 5.41) is 0. The normalized spacial score (nSPS) is 12.5. The zero-order valence-corrected chi connectivity index (χ0v) is 14.4. The summed E-state index contributed by atoms with van der Waals surface area (Å²) in [6.45, 7) is 5.17. The van der Waals surface area contributed by atoms with E-state index in [1.807, 2.05) is 35.2 Å². The van der Waals surface area contributed by atoms with Gasteiger partial charge in [-0.15, -0.1) is 0 Å². The molecule has 0 bridgehead atoms. The van der Waals surface area contributed by atoms with Crippen molar-refractivity contribution in [2.24, 2.45) is 0 Å². The highest BCUT2D eigenvalue weighted by atomic mass is 15.2. The average molecular weight is 321 g/mol. The molecule has 0 unspecified atom stereocenters. The molecule has 5 nitrogen and oxygen atoms in total. The summed E-state index contributed by atoms with van der Waals surface area (Å²) in [6.07, 6.45) is 8.35. The van der Waals surface area contributed by atoms with E-state index in [0.29, 0.717) is 12.0 Å². The van der Waals surface area contributed by atoms with Crippen molar-refractivity contribution in [2.75, 3.05) is 7.05 Å². The van der Waals surface area contributed by atoms with Crippen LogP contribution in [0.3, 0.4) is 0 Å². The zero-order valence-electron chi connectivity index (χ0n) is 14.4. The predicted molar refractivity (Wildman–Crippen MR) is 95.0 cm³/mol. The maximum atomic E-state index is 4.47. The second-order valence-electron chi connectivity index (χ2n) is 6.21. The predicted octanol–water partition coefficient (Wildman–Crippen LogP) is 3.03. The van der Waals surface area contributed by atoms with Gasteiger partial charge in [0.2, 0.25) is 5.95 Å². The monoisotopic (exact) mass is 321 g/mol. The standard InChI is InChI=1S/C19H23N5/c1-15-7-10-20-17(12-15)13-16(2)23(3)14-18-6-4-11-24(18)19-21-8-5-9-22-19/h4-12,16H,13-14H2,1-3H3/t16-/m0/s1. The molecule has 0 spiro atoms. The summed E-state index contributed by atoms with van der Waals surface area (Å²) in [5.74, 6) is 0.707. The Morgan fingerprint density at radius 2 is 1.88 bits per heavy atom. The van der Waals surface area contributed by atoms with Crippen LogP contribution in [0.15, 0.2) is 55.1 Å². The lowest BCUT2D eigenvalue weighted by Crippen LogP contribution is -2.31. The topological polar surface area (TPSA) is 46.8 Å². The summed E-state index contributed by atoms with van der Waals surface area (Å²) < 4.78 is 2.04. The molecule has 0 aliphatic carbocycles. The summed E-state index contributed by atoms with van der Waals surface area (Å²) in [5.41, 5.74) is 3.56. The van der Waals surface area contributed by atoms with Crippen LogP contribution in [0.1, 0.15) is 23.9 Å². The molecule has 3 aromatic rings. The second-order valence-corrected chi connectivity index (χ2v) is 6.21. The number of hydrogen-bond acceptors (Lipinski definition) is 4. The Labute approximate surface area is 143 Å². The number of likely N-dealkylation sites (N-methyl/N-ethyl adjacent to an activating group) is 1. The largest absolute Gasteiger partial charge is 0.298 e. The van der Waals surface area contributed by atoms with E-state index in [0.717, 1.165) is 18.7 Å². The molecule has 0 saturated carbocycles. The van der Waals surface area contributed by atoms with Gasteiger partial charge in [-0.1, -0.05) is 0 Å². The number of aromatic nitrogens is 4. The lowest BCUT2D eigenvalue weighted by molar-refractivity contribution is 0.242. The molecule has 124 valence electrons. The van der Waals surface area contributed by atoms with Crippen molar-refractivity contribution in [3.63, 3.8) is 0 Å². The van der Waals surface area contributed by atoms with Crippen LogP contribution in [0.2, 0.25) is 0 Å². The highest BCUT2D eigenvalue weighted by molar-refractivity contribution is 5.20. The number of pyridine rings is 1. The highest BCUT2D eigenvalue weighted by Crippen LogP contribution is 2.13. The molecular formula is C19H23N5. The zero-order chi connectivity index (χ0) is 16.9. The van der Waals surface area contributed by atoms with Gasteiger partial charge in [0.25, 0.3) is 0 Å². The minimum atomic E-state index is 0.388. The van der Waals surface area contributed by atoms with E-state index in [1.165, 1.54) is 11.3 Å². The smallest absolute Gasteiger partial charge is 0.233 e. The first-order valence-electron chi connectivity index (χ1n) is 8.19. The third kappa shape index (κ3) is 3.86. The van der Waals surface area contributed by atoms with E-state index in [1.54, 1.807) is 12.4 Å². The molecule has 3 aromatic heterocycles. The summed E-state index contributed by atoms with van der Waals surface area (Å²) in [6, 6.07) is 10.6. The van der Waals surface area contributed by atoms with Gasteiger partial charge < -0.3 is 0 Å². The van der Waals surface area contributed by atoms with Crippen LogP contribution in [-0.2, 0) is 13.0 Å². The van der Waals surface area contributed by atoms with Crippen LogP contribution >= 0.6 is 0 Å². The average Bonchev–Trinajstić information content (AvgIpc) is 3.03. The third-order valence-corrected chi connectivity index (χ3v) is 4.24. The summed E-state index contributed by atoms with van der Waals surface area (Å²) >= 11 is 0. The number of nitrogens with zero attached hydrogens (tertiary/aromatic N) is 5. The maximum absolute atomic E-state index is 4.47. The summed E-state index contributed by atoms with van der Waals surface area (Å²) in [7, 11) is 2.14. The van der Waals surface area contributed by atoms with Gasteiger partial charge in [0.15, 0.2) is 0 Å². The van der Waals surface area contributed by atoms with E-state index >= 15 is 0 Å². The number of hydrogen-bond donors (Lipinski definition) is 0. The molecule has 3 heterocycles. The van der Waals surface area contributed by atoms with Crippen LogP contribution in [-0.4, -0.2) is 37.5 Å². The van der Waals surface area contributed by atoms with Gasteiger partial charge in [0.05, 0.1) is 0 Å². The van der Waals surface area contributed by atoms with E-state index in [2.05, 4.69) is 52.9 Å². The van der Waals surface area contributed by atoms with Gasteiger partial charge in [-0.05, 0) is 56.8 Å². The van der Waals surface area contributed by atoms with Gasteiger partial charge in [0.1, 0.15) is 0 Å². The Balaban J connectivity index is 1.69. The summed E-state index contributed by atoms with van der Waals surface area (Å²) in [4.78, 5) is 15.5. The molecule has 0 amide bonds. The Morgan fingerprint density at radius 1 is 1.08 bits per heavy atom. The molecule has 0 aliphatic heterocycles. The Kier molecular flexibility index (Phi) is 5.01. The fourth-order valence-corrected chi connectivity index (χ4v) is 2.74. The number of rotatable bonds is 6. The lowest BCUT2D eigenvalue weighted by atomic mass is 10.1. The van der Waals surface area contributed by atoms with E-state index < -0.39 is 0 Å². The minimum absolute atomic E-state index is 0.388. The van der Waals surface area contributed by atoms with Crippen LogP contribution in [0.25, 0.3) is 5.95 Å². The van der Waals surface area contributed by atoms with Crippen molar-refractivity contribution in [3.8, 4) is 5.95 Å². The Bertz CT molecular complexity index is 781. The van der Waals surface area contributed by atoms with Gasteiger partial charge in [-0.2, -0.15) is 0 Å². The molecule has 24 heavy (non-hydrogen) atoms. The van der Waals surface area contributed by atoms with Crippen molar-refractivity contribution < 1.29 is 0 Å². The molecular weight excluding hydrogens is 298 g/mol. The van der Waals surface area contributed by atoms with E-state index in [-0.39, 0.29) is 0 Å². The molecule has 0 aliphatic rings. The molecule has 0 saturated heterocycles. The molecule has 5 heteroatoms. The van der Waals surface area contributed by atoms with Gasteiger partial charge in [-0.25, -0.2) is 9.97 Å². The first-order chi connectivity index (χ1) is 11.6. The third-order valence-electron chi connectivity index (χ3n) is 4.24. The molecule has 0 N–H and O–H groups in total. The molecule has 0 radical (unpaired) electrons. The first kappa shape index (κ1) is 16.3. The van der Waals surface area contributed by atoms with Gasteiger partial charge in [-0.3, -0.25) is 14.5 Å². The maximum Gasteiger partial charge on any atom is 0.233 e. The molecule has 1 atom stereocenters. The van der Waals surface area contributed by atoms with Crippen LogP contribution in [0, 0.1) is 6.92 Å². The van der Waals surface area contributed by atoms with Crippen LogP contribution < -0.4 is 0 Å². The van der Waals surface area contributed by atoms with Gasteiger partial charge in [0, 0.05) is 55.2 Å². The van der Waals surface area contributed by atoms with Crippen molar-refractivity contribution in [3.05, 3.63) is 72.1 Å². The lowest BCUT2D eigenvalue weighted by Gasteiger charge is -2.25. The minimum Gasteiger partial charge on any atom is -0.298 e. The fraction of sp³-hybridized carbons (Fsp3) is 0.316. The molecule has 0 aromatic carbocycles. The molecule has 3 rings (SSSR count). The van der Waals surface area contributed by atoms with Crippen LogP contribution in [0.5, 0.6) is 0 Å². The Morgan fingerprint density at radius 3 is 2.62 bits per heavy atom. The first-order valence-corrected chi connectivity index (χ1v) is 8.19. The van der Waals surface area contributed by atoms with Crippen LogP contribution in [0.4, 0.5) is 0 Å². The van der Waals surface area contributed by atoms with Crippen molar-refractivity contribution >= 4 is 0 Å². The van der Waals surface area contributed by atoms with Crippen molar-refractivity contribution in [1.29, 1.82) is 0 Å². The van der Waals surface area contributed by atoms with E-state index in [4.69, 9.17) is 0 Å².